The number of anilines is 1. The van der Waals surface area contributed by atoms with Gasteiger partial charge in [0.1, 0.15) is 5.75 Å². The number of hydrogen-bond acceptors (Lipinski definition) is 5. The minimum Gasteiger partial charge on any atom is -0.490 e. The fraction of sp³-hybridized carbons (Fsp3) is 0.150. The van der Waals surface area contributed by atoms with Gasteiger partial charge in [-0.05, 0) is 71.7 Å². The third kappa shape index (κ3) is 4.45. The second-order valence-corrected chi connectivity index (χ2v) is 8.76. The third-order valence-electron chi connectivity index (χ3n) is 3.76. The summed E-state index contributed by atoms with van der Waals surface area (Å²) in [5.41, 5.74) is 1.36. The van der Waals surface area contributed by atoms with Crippen molar-refractivity contribution in [2.24, 2.45) is 0 Å². The van der Waals surface area contributed by atoms with Crippen LogP contribution in [0.4, 0.5) is 5.69 Å². The van der Waals surface area contributed by atoms with Crippen molar-refractivity contribution < 1.29 is 19.4 Å². The Morgan fingerprint density at radius 1 is 1.29 bits per heavy atom. The highest BCUT2D eigenvalue weighted by Gasteiger charge is 2.33. The Hall–Kier alpha value is -2.16. The van der Waals surface area contributed by atoms with Gasteiger partial charge in [0.15, 0.2) is 4.32 Å². The number of aromatic carboxylic acids is 1. The van der Waals surface area contributed by atoms with Crippen LogP contribution in [0.5, 0.6) is 5.75 Å². The van der Waals surface area contributed by atoms with Crippen molar-refractivity contribution in [2.75, 3.05) is 4.90 Å². The van der Waals surface area contributed by atoms with Crippen LogP contribution in [0, 0.1) is 0 Å². The topological polar surface area (TPSA) is 66.8 Å². The molecule has 3 rings (SSSR count). The van der Waals surface area contributed by atoms with Gasteiger partial charge < -0.3 is 9.84 Å². The molecular formula is C20H16BrNO4S2. The lowest BCUT2D eigenvalue weighted by molar-refractivity contribution is -0.113. The molecule has 1 aliphatic heterocycles. The molecule has 2 aromatic rings. The van der Waals surface area contributed by atoms with Gasteiger partial charge in [0.25, 0.3) is 5.91 Å². The average molecular weight is 478 g/mol. The van der Waals surface area contributed by atoms with Crippen LogP contribution in [-0.2, 0) is 4.79 Å². The fourth-order valence-electron chi connectivity index (χ4n) is 2.58. The summed E-state index contributed by atoms with van der Waals surface area (Å²) in [5.74, 6) is -0.613. The summed E-state index contributed by atoms with van der Waals surface area (Å²) in [7, 11) is 0. The molecule has 0 bridgehead atoms. The molecule has 1 fully saturated rings. The minimum atomic E-state index is -1.06. The molecule has 1 saturated heterocycles. The first kappa shape index (κ1) is 20.6. The van der Waals surface area contributed by atoms with Gasteiger partial charge in [-0.25, -0.2) is 4.79 Å². The molecule has 0 atom stereocenters. The summed E-state index contributed by atoms with van der Waals surface area (Å²) in [5, 5.41) is 9.17. The highest BCUT2D eigenvalue weighted by Crippen LogP contribution is 2.37. The number of halogens is 1. The summed E-state index contributed by atoms with van der Waals surface area (Å²) >= 11 is 10.0. The number of thiocarbonyl (C=S) groups is 1. The van der Waals surface area contributed by atoms with E-state index in [-0.39, 0.29) is 17.6 Å². The number of rotatable bonds is 5. The van der Waals surface area contributed by atoms with Gasteiger partial charge >= 0.3 is 5.97 Å². The highest BCUT2D eigenvalue weighted by atomic mass is 79.9. The quantitative estimate of drug-likeness (QED) is 0.462. The first-order valence-electron chi connectivity index (χ1n) is 8.34. The molecule has 0 saturated carbocycles. The third-order valence-corrected chi connectivity index (χ3v) is 5.68. The predicted molar refractivity (Wildman–Crippen MR) is 119 cm³/mol. The lowest BCUT2D eigenvalue weighted by Gasteiger charge is -2.14. The molecular weight excluding hydrogens is 462 g/mol. The van der Waals surface area contributed by atoms with Crippen LogP contribution in [0.1, 0.15) is 29.8 Å². The smallest absolute Gasteiger partial charge is 0.335 e. The van der Waals surface area contributed by atoms with Crippen LogP contribution in [0.3, 0.4) is 0 Å². The predicted octanol–water partition coefficient (Wildman–Crippen LogP) is 5.34. The number of carboxylic acids is 1. The molecule has 2 aromatic carbocycles. The monoisotopic (exact) mass is 477 g/mol. The van der Waals surface area contributed by atoms with Crippen molar-refractivity contribution >= 4 is 67.9 Å². The minimum absolute atomic E-state index is 0.0555. The van der Waals surface area contributed by atoms with Gasteiger partial charge in [-0.2, -0.15) is 0 Å². The standard InChI is InChI=1S/C20H16BrNO4S2/c1-11(2)26-16-7-6-12(8-15(16)21)9-17-18(23)22(20(27)28-17)14-5-3-4-13(10-14)19(24)25/h3-11H,1-2H3,(H,24,25)/b17-9-. The average Bonchev–Trinajstić information content (AvgIpc) is 2.90. The first-order chi connectivity index (χ1) is 13.3. The van der Waals surface area contributed by atoms with Crippen molar-refractivity contribution in [3.05, 3.63) is 63.0 Å². The number of carboxylic acid groups (broad SMARTS) is 1. The SMILES string of the molecule is CC(C)Oc1ccc(/C=C2\SC(=S)N(c3cccc(C(=O)O)c3)C2=O)cc1Br. The number of carbonyl (C=O) groups is 2. The van der Waals surface area contributed by atoms with Gasteiger partial charge in [0.05, 0.1) is 26.7 Å². The van der Waals surface area contributed by atoms with Gasteiger partial charge in [-0.3, -0.25) is 9.69 Å². The van der Waals surface area contributed by atoms with Crippen molar-refractivity contribution in [3.8, 4) is 5.75 Å². The van der Waals surface area contributed by atoms with E-state index in [1.165, 1.54) is 28.8 Å². The molecule has 0 aromatic heterocycles. The number of benzene rings is 2. The zero-order chi connectivity index (χ0) is 20.4. The van der Waals surface area contributed by atoms with Crippen LogP contribution in [-0.4, -0.2) is 27.4 Å². The Morgan fingerprint density at radius 3 is 2.68 bits per heavy atom. The summed E-state index contributed by atoms with van der Waals surface area (Å²) < 4.78 is 6.85. The van der Waals surface area contributed by atoms with E-state index in [1.807, 2.05) is 32.0 Å². The van der Waals surface area contributed by atoms with Crippen LogP contribution in [0.15, 0.2) is 51.8 Å². The van der Waals surface area contributed by atoms with Crippen LogP contribution < -0.4 is 9.64 Å². The first-order valence-corrected chi connectivity index (χ1v) is 10.4. The van der Waals surface area contributed by atoms with E-state index in [4.69, 9.17) is 22.1 Å². The Morgan fingerprint density at radius 2 is 2.04 bits per heavy atom. The summed E-state index contributed by atoms with van der Waals surface area (Å²) in [6.07, 6.45) is 1.81. The van der Waals surface area contributed by atoms with Crippen LogP contribution in [0.2, 0.25) is 0 Å². The molecule has 1 aliphatic rings. The van der Waals surface area contributed by atoms with Crippen molar-refractivity contribution in [1.29, 1.82) is 0 Å². The highest BCUT2D eigenvalue weighted by molar-refractivity contribution is 9.10. The molecule has 1 amide bonds. The van der Waals surface area contributed by atoms with Gasteiger partial charge in [-0.1, -0.05) is 36.1 Å². The summed E-state index contributed by atoms with van der Waals surface area (Å²) in [4.78, 5) is 25.9. The van der Waals surface area contributed by atoms with E-state index in [2.05, 4.69) is 15.9 Å². The fourth-order valence-corrected chi connectivity index (χ4v) is 4.37. The largest absolute Gasteiger partial charge is 0.490 e. The van der Waals surface area contributed by atoms with E-state index in [9.17, 15) is 9.59 Å². The number of thioether (sulfide) groups is 1. The van der Waals surface area contributed by atoms with E-state index in [0.717, 1.165) is 15.8 Å². The van der Waals surface area contributed by atoms with Crippen molar-refractivity contribution in [3.63, 3.8) is 0 Å². The Labute approximate surface area is 180 Å². The van der Waals surface area contributed by atoms with E-state index < -0.39 is 5.97 Å². The van der Waals surface area contributed by atoms with E-state index in [0.29, 0.717) is 14.9 Å². The maximum Gasteiger partial charge on any atom is 0.335 e. The number of hydrogen-bond donors (Lipinski definition) is 1. The number of carbonyl (C=O) groups excluding carboxylic acids is 1. The molecule has 8 heteroatoms. The maximum atomic E-state index is 12.9. The van der Waals surface area contributed by atoms with Crippen LogP contribution >= 0.6 is 39.9 Å². The molecule has 0 radical (unpaired) electrons. The molecule has 0 unspecified atom stereocenters. The molecule has 1 N–H and O–H groups in total. The number of nitrogens with zero attached hydrogens (tertiary/aromatic N) is 1. The lowest BCUT2D eigenvalue weighted by Crippen LogP contribution is -2.27. The molecule has 1 heterocycles. The lowest BCUT2D eigenvalue weighted by atomic mass is 10.1. The Bertz CT molecular complexity index is 1000. The zero-order valence-electron chi connectivity index (χ0n) is 15.0. The van der Waals surface area contributed by atoms with Crippen molar-refractivity contribution in [1.82, 2.24) is 0 Å². The second-order valence-electron chi connectivity index (χ2n) is 6.23. The summed E-state index contributed by atoms with van der Waals surface area (Å²) in [6, 6.07) is 11.7. The zero-order valence-corrected chi connectivity index (χ0v) is 18.2. The molecule has 28 heavy (non-hydrogen) atoms. The molecule has 144 valence electrons. The number of amides is 1. The normalized spacial score (nSPS) is 15.6. The van der Waals surface area contributed by atoms with E-state index >= 15 is 0 Å². The summed E-state index contributed by atoms with van der Waals surface area (Å²) in [6.45, 7) is 3.90. The molecule has 5 nitrogen and oxygen atoms in total. The van der Waals surface area contributed by atoms with Gasteiger partial charge in [0, 0.05) is 0 Å². The second kappa shape index (κ2) is 8.46. The molecule has 0 aliphatic carbocycles. The van der Waals surface area contributed by atoms with Crippen molar-refractivity contribution in [2.45, 2.75) is 20.0 Å². The Kier molecular flexibility index (Phi) is 6.22. The maximum absolute atomic E-state index is 12.9. The number of ether oxygens (including phenoxy) is 1. The Balaban J connectivity index is 1.88. The van der Waals surface area contributed by atoms with E-state index in [1.54, 1.807) is 18.2 Å². The van der Waals surface area contributed by atoms with Gasteiger partial charge in [0.2, 0.25) is 0 Å². The van der Waals surface area contributed by atoms with Gasteiger partial charge in [-0.15, -0.1) is 0 Å². The van der Waals surface area contributed by atoms with Crippen LogP contribution in [0.25, 0.3) is 6.08 Å². The molecule has 0 spiro atoms.